The Balaban J connectivity index is 2.50. The van der Waals surface area contributed by atoms with Gasteiger partial charge >= 0.3 is 0 Å². The van der Waals surface area contributed by atoms with Gasteiger partial charge in [-0.25, -0.2) is 4.68 Å². The molecule has 1 aromatic rings. The van der Waals surface area contributed by atoms with E-state index in [1.54, 1.807) is 23.2 Å². The molecule has 0 spiro atoms. The van der Waals surface area contributed by atoms with Gasteiger partial charge in [0.25, 0.3) is 0 Å². The third-order valence-corrected chi connectivity index (χ3v) is 1.24. The Hall–Kier alpha value is -1.51. The first-order chi connectivity index (χ1) is 4.97. The molecule has 0 saturated heterocycles. The molecule has 0 unspecified atom stereocenters. The van der Waals surface area contributed by atoms with Crippen LogP contribution in [0.2, 0.25) is 0 Å². The molecule has 2 heterocycles. The average molecular weight is 134 g/mol. The Morgan fingerprint density at radius 1 is 1.40 bits per heavy atom. The smallest absolute Gasteiger partial charge is 0.221 e. The van der Waals surface area contributed by atoms with Crippen molar-refractivity contribution < 1.29 is 4.74 Å². The maximum Gasteiger partial charge on any atom is 0.221 e. The predicted molar refractivity (Wildman–Crippen MR) is 37.3 cm³/mol. The molecule has 0 amide bonds. The second-order valence-electron chi connectivity index (χ2n) is 1.90. The minimum Gasteiger partial charge on any atom is -0.447 e. The molecule has 10 heavy (non-hydrogen) atoms. The molecule has 2 rings (SSSR count). The molecule has 0 aromatic carbocycles. The van der Waals surface area contributed by atoms with Gasteiger partial charge in [-0.2, -0.15) is 5.10 Å². The summed E-state index contributed by atoms with van der Waals surface area (Å²) in [6, 6.07) is 1.81. The molecule has 3 nitrogen and oxygen atoms in total. The average Bonchev–Trinajstić information content (AvgIpc) is 2.28. The lowest BCUT2D eigenvalue weighted by atomic mass is 10.6. The summed E-state index contributed by atoms with van der Waals surface area (Å²) < 4.78 is 6.81. The van der Waals surface area contributed by atoms with Gasteiger partial charge in [-0.1, -0.05) is 0 Å². The normalized spacial score (nSPS) is 14.0. The number of hydrogen-bond donors (Lipinski definition) is 0. The highest BCUT2D eigenvalue weighted by atomic mass is 16.5. The topological polar surface area (TPSA) is 27.1 Å². The van der Waals surface area contributed by atoms with Crippen molar-refractivity contribution in [3.63, 3.8) is 0 Å². The van der Waals surface area contributed by atoms with Crippen LogP contribution < -0.4 is 4.74 Å². The van der Waals surface area contributed by atoms with Crippen LogP contribution >= 0.6 is 0 Å². The van der Waals surface area contributed by atoms with E-state index in [1.165, 1.54) is 0 Å². The zero-order valence-corrected chi connectivity index (χ0v) is 5.27. The zero-order chi connectivity index (χ0) is 6.81. The van der Waals surface area contributed by atoms with Gasteiger partial charge < -0.3 is 4.74 Å². The van der Waals surface area contributed by atoms with Gasteiger partial charge in [0.05, 0.1) is 12.5 Å². The van der Waals surface area contributed by atoms with Crippen molar-refractivity contribution in [3.05, 3.63) is 30.7 Å². The molecule has 0 fully saturated rings. The van der Waals surface area contributed by atoms with Crippen LogP contribution in [-0.2, 0) is 0 Å². The van der Waals surface area contributed by atoms with E-state index in [0.29, 0.717) is 0 Å². The summed E-state index contributed by atoms with van der Waals surface area (Å²) in [6.07, 6.45) is 8.83. The largest absolute Gasteiger partial charge is 0.447 e. The molecule has 1 aromatic heterocycles. The Labute approximate surface area is 58.2 Å². The van der Waals surface area contributed by atoms with Gasteiger partial charge in [-0.3, -0.25) is 0 Å². The minimum atomic E-state index is 0.741. The SMILES string of the molecule is C1=COc2ccnn2C=C1. The van der Waals surface area contributed by atoms with Crippen molar-refractivity contribution in [3.8, 4) is 5.88 Å². The summed E-state index contributed by atoms with van der Waals surface area (Å²) in [6.45, 7) is 0. The molecular formula is C7H6N2O. The molecule has 0 N–H and O–H groups in total. The number of fused-ring (bicyclic) bond motifs is 1. The van der Waals surface area contributed by atoms with Crippen molar-refractivity contribution >= 4 is 6.20 Å². The lowest BCUT2D eigenvalue weighted by molar-refractivity contribution is 0.449. The van der Waals surface area contributed by atoms with Gasteiger partial charge in [0.2, 0.25) is 5.88 Å². The van der Waals surface area contributed by atoms with Crippen LogP contribution in [0.25, 0.3) is 6.20 Å². The number of ether oxygens (including phenoxy) is 1. The number of aromatic nitrogens is 2. The Morgan fingerprint density at radius 3 is 3.40 bits per heavy atom. The third kappa shape index (κ3) is 0.719. The van der Waals surface area contributed by atoms with E-state index in [0.717, 1.165) is 5.88 Å². The summed E-state index contributed by atoms with van der Waals surface area (Å²) in [5, 5.41) is 3.98. The van der Waals surface area contributed by atoms with Crippen molar-refractivity contribution in [2.75, 3.05) is 0 Å². The van der Waals surface area contributed by atoms with Crippen molar-refractivity contribution in [2.24, 2.45) is 0 Å². The van der Waals surface area contributed by atoms with Crippen LogP contribution in [0.4, 0.5) is 0 Å². The van der Waals surface area contributed by atoms with Crippen molar-refractivity contribution in [1.29, 1.82) is 0 Å². The first-order valence-corrected chi connectivity index (χ1v) is 3.00. The van der Waals surface area contributed by atoms with Crippen molar-refractivity contribution in [2.45, 2.75) is 0 Å². The molecule has 0 bridgehead atoms. The molecule has 50 valence electrons. The Bertz CT molecular complexity index is 286. The maximum atomic E-state index is 5.15. The van der Waals surface area contributed by atoms with Gasteiger partial charge in [0, 0.05) is 12.3 Å². The lowest BCUT2D eigenvalue weighted by Crippen LogP contribution is -1.90. The summed E-state index contributed by atoms with van der Waals surface area (Å²) in [4.78, 5) is 0. The molecule has 3 heteroatoms. The molecule has 1 aliphatic heterocycles. The highest BCUT2D eigenvalue weighted by Crippen LogP contribution is 2.11. The quantitative estimate of drug-likeness (QED) is 0.534. The molecule has 0 aliphatic carbocycles. The minimum absolute atomic E-state index is 0.741. The number of hydrogen-bond acceptors (Lipinski definition) is 2. The fourth-order valence-corrected chi connectivity index (χ4v) is 0.793. The fourth-order valence-electron chi connectivity index (χ4n) is 0.793. The Kier molecular flexibility index (Phi) is 1.07. The van der Waals surface area contributed by atoms with Crippen LogP contribution in [-0.4, -0.2) is 9.78 Å². The standard InChI is InChI=1S/C7H6N2O/c1-2-6-10-7-3-4-8-9(7)5-1/h1-6H. The molecule has 0 radical (unpaired) electrons. The second-order valence-corrected chi connectivity index (χ2v) is 1.90. The number of rotatable bonds is 0. The number of allylic oxidation sites excluding steroid dienone is 2. The van der Waals surface area contributed by atoms with Crippen LogP contribution in [0, 0.1) is 0 Å². The summed E-state index contributed by atoms with van der Waals surface area (Å²) in [5.41, 5.74) is 0. The number of nitrogens with zero attached hydrogens (tertiary/aromatic N) is 2. The van der Waals surface area contributed by atoms with E-state index in [4.69, 9.17) is 4.74 Å². The van der Waals surface area contributed by atoms with Crippen LogP contribution in [0.3, 0.4) is 0 Å². The van der Waals surface area contributed by atoms with E-state index >= 15 is 0 Å². The van der Waals surface area contributed by atoms with Gasteiger partial charge in [-0.05, 0) is 12.2 Å². The lowest BCUT2D eigenvalue weighted by Gasteiger charge is -1.95. The van der Waals surface area contributed by atoms with E-state index in [9.17, 15) is 0 Å². The Morgan fingerprint density at radius 2 is 2.40 bits per heavy atom. The molecule has 1 aliphatic rings. The molecule has 0 saturated carbocycles. The van der Waals surface area contributed by atoms with E-state index in [1.807, 2.05) is 18.4 Å². The zero-order valence-electron chi connectivity index (χ0n) is 5.27. The molecule has 0 atom stereocenters. The first kappa shape index (κ1) is 5.29. The predicted octanol–water partition coefficient (Wildman–Crippen LogP) is 1.26. The molecular weight excluding hydrogens is 128 g/mol. The summed E-state index contributed by atoms with van der Waals surface area (Å²) in [5.74, 6) is 0.741. The van der Waals surface area contributed by atoms with Crippen LogP contribution in [0.1, 0.15) is 0 Å². The van der Waals surface area contributed by atoms with Gasteiger partial charge in [0.15, 0.2) is 0 Å². The highest BCUT2D eigenvalue weighted by molar-refractivity contribution is 5.33. The second kappa shape index (κ2) is 2.02. The fraction of sp³-hybridized carbons (Fsp3) is 0. The third-order valence-electron chi connectivity index (χ3n) is 1.24. The maximum absolute atomic E-state index is 5.15. The van der Waals surface area contributed by atoms with E-state index in [2.05, 4.69) is 5.10 Å². The van der Waals surface area contributed by atoms with E-state index in [-0.39, 0.29) is 0 Å². The summed E-state index contributed by atoms with van der Waals surface area (Å²) in [7, 11) is 0. The van der Waals surface area contributed by atoms with Gasteiger partial charge in [0.1, 0.15) is 0 Å². The van der Waals surface area contributed by atoms with Crippen LogP contribution in [0.15, 0.2) is 30.7 Å². The monoisotopic (exact) mass is 134 g/mol. The van der Waals surface area contributed by atoms with E-state index < -0.39 is 0 Å². The summed E-state index contributed by atoms with van der Waals surface area (Å²) >= 11 is 0. The van der Waals surface area contributed by atoms with Crippen LogP contribution in [0.5, 0.6) is 5.88 Å². The first-order valence-electron chi connectivity index (χ1n) is 3.00. The van der Waals surface area contributed by atoms with Crippen molar-refractivity contribution in [1.82, 2.24) is 9.78 Å². The highest BCUT2D eigenvalue weighted by Gasteiger charge is 1.98. The van der Waals surface area contributed by atoms with Gasteiger partial charge in [-0.15, -0.1) is 0 Å².